The Hall–Kier alpha value is -1.70. The predicted octanol–water partition coefficient (Wildman–Crippen LogP) is 4.12. The van der Waals surface area contributed by atoms with Crippen molar-refractivity contribution < 1.29 is 22.3 Å². The Labute approximate surface area is 159 Å². The van der Waals surface area contributed by atoms with E-state index in [4.69, 9.17) is 9.29 Å². The van der Waals surface area contributed by atoms with Crippen LogP contribution in [0.15, 0.2) is 36.1 Å². The molecule has 1 aromatic heterocycles. The molecule has 142 valence electrons. The van der Waals surface area contributed by atoms with Gasteiger partial charge < -0.3 is 4.74 Å². The summed E-state index contributed by atoms with van der Waals surface area (Å²) in [5.74, 6) is -0.198. The number of thiazole rings is 1. The molecular weight excluding hydrogens is 370 g/mol. The quantitative estimate of drug-likeness (QED) is 0.228. The molecular formula is C19H26NO4S2+. The van der Waals surface area contributed by atoms with Crippen molar-refractivity contribution in [2.24, 2.45) is 0 Å². The first-order chi connectivity index (χ1) is 12.3. The minimum absolute atomic E-state index is 0.198. The number of hydrogen-bond donors (Lipinski definition) is 1. The van der Waals surface area contributed by atoms with Gasteiger partial charge in [-0.2, -0.15) is 13.0 Å². The molecule has 0 bridgehead atoms. The average molecular weight is 397 g/mol. The number of ether oxygens (including phenoxy) is 1. The van der Waals surface area contributed by atoms with Crippen LogP contribution >= 0.6 is 11.3 Å². The highest BCUT2D eigenvalue weighted by Gasteiger charge is 2.18. The first-order valence-corrected chi connectivity index (χ1v) is 11.1. The molecule has 0 aliphatic heterocycles. The van der Waals surface area contributed by atoms with E-state index in [1.165, 1.54) is 10.3 Å². The highest BCUT2D eigenvalue weighted by Crippen LogP contribution is 2.23. The Balaban J connectivity index is 2.25. The van der Waals surface area contributed by atoms with E-state index in [-0.39, 0.29) is 5.75 Å². The predicted molar refractivity (Wildman–Crippen MR) is 107 cm³/mol. The highest BCUT2D eigenvalue weighted by atomic mass is 32.2. The molecule has 0 spiro atoms. The third kappa shape index (κ3) is 6.23. The minimum atomic E-state index is -3.90. The molecule has 2 rings (SSSR count). The molecule has 0 saturated heterocycles. The van der Waals surface area contributed by atoms with Gasteiger partial charge in [0.15, 0.2) is 6.54 Å². The van der Waals surface area contributed by atoms with Gasteiger partial charge in [0.25, 0.3) is 15.1 Å². The molecule has 0 radical (unpaired) electrons. The number of benzene rings is 1. The van der Waals surface area contributed by atoms with Crippen molar-refractivity contribution in [2.45, 2.75) is 40.2 Å². The molecule has 0 aliphatic carbocycles. The molecule has 0 fully saturated rings. The van der Waals surface area contributed by atoms with Gasteiger partial charge in [-0.15, -0.1) is 0 Å². The fraction of sp³-hybridized carbons (Fsp3) is 0.421. The van der Waals surface area contributed by atoms with Gasteiger partial charge in [-0.25, -0.2) is 0 Å². The van der Waals surface area contributed by atoms with Gasteiger partial charge in [0.05, 0.1) is 18.6 Å². The van der Waals surface area contributed by atoms with Crippen LogP contribution in [-0.2, 0) is 21.4 Å². The van der Waals surface area contributed by atoms with Gasteiger partial charge in [-0.1, -0.05) is 17.4 Å². The van der Waals surface area contributed by atoms with Crippen LogP contribution in [0.1, 0.15) is 37.3 Å². The van der Waals surface area contributed by atoms with Crippen molar-refractivity contribution in [3.63, 3.8) is 0 Å². The van der Waals surface area contributed by atoms with Crippen molar-refractivity contribution >= 4 is 37.7 Å². The highest BCUT2D eigenvalue weighted by molar-refractivity contribution is 7.85. The summed E-state index contributed by atoms with van der Waals surface area (Å²) in [5.41, 5.74) is 3.37. The second-order valence-electron chi connectivity index (χ2n) is 6.21. The van der Waals surface area contributed by atoms with Crippen molar-refractivity contribution in [2.75, 3.05) is 12.4 Å². The molecule has 0 unspecified atom stereocenters. The average Bonchev–Trinajstić information content (AvgIpc) is 2.90. The number of aryl methyl sites for hydroxylation is 2. The lowest BCUT2D eigenvalue weighted by atomic mass is 10.2. The molecule has 0 amide bonds. The smallest absolute Gasteiger partial charge is 0.264 e. The Bertz CT molecular complexity index is 911. The van der Waals surface area contributed by atoms with E-state index in [9.17, 15) is 8.42 Å². The van der Waals surface area contributed by atoms with Crippen molar-refractivity contribution in [3.05, 3.63) is 46.7 Å². The summed E-state index contributed by atoms with van der Waals surface area (Å²) >= 11 is 1.71. The largest absolute Gasteiger partial charge is 0.501 e. The van der Waals surface area contributed by atoms with Crippen LogP contribution < -0.4 is 4.57 Å². The van der Waals surface area contributed by atoms with E-state index in [1.54, 1.807) is 17.6 Å². The van der Waals surface area contributed by atoms with Crippen molar-refractivity contribution in [1.29, 1.82) is 0 Å². The Morgan fingerprint density at radius 2 is 2.12 bits per heavy atom. The second-order valence-corrected chi connectivity index (χ2v) is 8.84. The summed E-state index contributed by atoms with van der Waals surface area (Å²) in [5, 5.41) is 1.10. The van der Waals surface area contributed by atoms with E-state index in [2.05, 4.69) is 35.8 Å². The molecule has 5 nitrogen and oxygen atoms in total. The summed E-state index contributed by atoms with van der Waals surface area (Å²) in [4.78, 5) is 0. The van der Waals surface area contributed by atoms with Crippen molar-refractivity contribution in [3.8, 4) is 0 Å². The monoisotopic (exact) mass is 396 g/mol. The molecule has 2 aromatic rings. The lowest BCUT2D eigenvalue weighted by molar-refractivity contribution is -0.669. The van der Waals surface area contributed by atoms with Crippen LogP contribution in [0.3, 0.4) is 0 Å². The number of rotatable bonds is 9. The first kappa shape index (κ1) is 20.6. The number of fused-ring (bicyclic) bond motifs is 1. The maximum absolute atomic E-state index is 10.9. The lowest BCUT2D eigenvalue weighted by Gasteiger charge is -1.99. The minimum Gasteiger partial charge on any atom is -0.501 e. The third-order valence-electron chi connectivity index (χ3n) is 3.85. The molecule has 0 atom stereocenters. The van der Waals surface area contributed by atoms with Gasteiger partial charge in [0, 0.05) is 18.6 Å². The van der Waals surface area contributed by atoms with E-state index in [0.717, 1.165) is 16.1 Å². The van der Waals surface area contributed by atoms with Gasteiger partial charge >= 0.3 is 0 Å². The summed E-state index contributed by atoms with van der Waals surface area (Å²) in [6.45, 7) is 7.34. The van der Waals surface area contributed by atoms with E-state index < -0.39 is 10.1 Å². The van der Waals surface area contributed by atoms with Crippen LogP contribution in [0.25, 0.3) is 16.3 Å². The van der Waals surface area contributed by atoms with Crippen molar-refractivity contribution in [1.82, 2.24) is 0 Å². The van der Waals surface area contributed by atoms with Gasteiger partial charge in [0.1, 0.15) is 4.70 Å². The normalized spacial score (nSPS) is 13.0. The van der Waals surface area contributed by atoms with Gasteiger partial charge in [-0.05, 0) is 50.5 Å². The van der Waals surface area contributed by atoms with Crippen LogP contribution in [0.2, 0.25) is 0 Å². The standard InChI is InChI=1S/C19H25NO4S2/c1-4-24-14-16(3)8-10-19-20(11-5-6-12-26(21,22)23)17-9-7-15(2)13-18(17)25-19/h7-10,13-14H,4-6,11-12H2,1-3H3/p+1/b10-8+,16-14+. The topological polar surface area (TPSA) is 67.5 Å². The fourth-order valence-electron chi connectivity index (χ4n) is 2.58. The van der Waals surface area contributed by atoms with Gasteiger partial charge in [0.2, 0.25) is 5.52 Å². The summed E-state index contributed by atoms with van der Waals surface area (Å²) in [6.07, 6.45) is 6.93. The number of nitrogens with zero attached hydrogens (tertiary/aromatic N) is 1. The zero-order chi connectivity index (χ0) is 19.2. The molecule has 1 N–H and O–H groups in total. The number of hydrogen-bond acceptors (Lipinski definition) is 4. The van der Waals surface area contributed by atoms with E-state index >= 15 is 0 Å². The molecule has 0 saturated carbocycles. The first-order valence-electron chi connectivity index (χ1n) is 8.65. The van der Waals surface area contributed by atoms with Crippen LogP contribution in [0, 0.1) is 6.92 Å². The Morgan fingerprint density at radius 1 is 1.35 bits per heavy atom. The molecule has 0 aliphatic rings. The summed E-state index contributed by atoms with van der Waals surface area (Å²) < 4.78 is 39.4. The van der Waals surface area contributed by atoms with E-state index in [1.807, 2.05) is 19.9 Å². The second kappa shape index (κ2) is 9.30. The maximum Gasteiger partial charge on any atom is 0.264 e. The molecule has 1 aromatic carbocycles. The SMILES string of the molecule is CCO/C=C(C)/C=C/c1sc2cc(C)ccc2[n+]1CCCCS(=O)(=O)O. The van der Waals surface area contributed by atoms with Crippen LogP contribution in [0.5, 0.6) is 0 Å². The fourth-order valence-corrected chi connectivity index (χ4v) is 4.34. The Kier molecular flexibility index (Phi) is 7.37. The Morgan fingerprint density at radius 3 is 2.81 bits per heavy atom. The summed E-state index contributed by atoms with van der Waals surface area (Å²) in [6, 6.07) is 6.34. The van der Waals surface area contributed by atoms with Crippen LogP contribution in [-0.4, -0.2) is 25.3 Å². The number of unbranched alkanes of at least 4 members (excludes halogenated alkanes) is 1. The zero-order valence-electron chi connectivity index (χ0n) is 15.4. The van der Waals surface area contributed by atoms with Crippen LogP contribution in [0.4, 0.5) is 0 Å². The van der Waals surface area contributed by atoms with E-state index in [0.29, 0.717) is 26.0 Å². The maximum atomic E-state index is 10.9. The summed E-state index contributed by atoms with van der Waals surface area (Å²) in [7, 11) is -3.90. The number of aromatic nitrogens is 1. The zero-order valence-corrected chi connectivity index (χ0v) is 17.1. The molecule has 1 heterocycles. The molecule has 26 heavy (non-hydrogen) atoms. The third-order valence-corrected chi connectivity index (χ3v) is 5.76. The molecule has 7 heteroatoms. The number of allylic oxidation sites excluding steroid dienone is 2. The lowest BCUT2D eigenvalue weighted by Crippen LogP contribution is -2.35. The van der Waals surface area contributed by atoms with Gasteiger partial charge in [-0.3, -0.25) is 4.55 Å².